The first kappa shape index (κ1) is 12.0. The SMILES string of the molecule is CNC(C)C(C)N1CCCCCC1C. The Labute approximate surface area is 89.1 Å². The summed E-state index contributed by atoms with van der Waals surface area (Å²) in [5.74, 6) is 0. The number of nitrogens with zero attached hydrogens (tertiary/aromatic N) is 1. The van der Waals surface area contributed by atoms with Crippen molar-refractivity contribution in [2.75, 3.05) is 13.6 Å². The summed E-state index contributed by atoms with van der Waals surface area (Å²) in [6, 6.07) is 2.02. The normalized spacial score (nSPS) is 29.6. The molecule has 1 fully saturated rings. The maximum absolute atomic E-state index is 3.36. The van der Waals surface area contributed by atoms with E-state index in [0.717, 1.165) is 6.04 Å². The Morgan fingerprint density at radius 2 is 1.93 bits per heavy atom. The zero-order valence-corrected chi connectivity index (χ0v) is 10.2. The van der Waals surface area contributed by atoms with Gasteiger partial charge in [0, 0.05) is 18.1 Å². The number of hydrogen-bond donors (Lipinski definition) is 1. The Morgan fingerprint density at radius 1 is 1.21 bits per heavy atom. The van der Waals surface area contributed by atoms with Crippen LogP contribution in [0, 0.1) is 0 Å². The van der Waals surface area contributed by atoms with Crippen LogP contribution in [0.25, 0.3) is 0 Å². The van der Waals surface area contributed by atoms with Gasteiger partial charge in [-0.05, 0) is 47.2 Å². The molecule has 1 saturated heterocycles. The second kappa shape index (κ2) is 5.72. The minimum atomic E-state index is 0.593. The zero-order valence-electron chi connectivity index (χ0n) is 10.2. The molecule has 0 radical (unpaired) electrons. The highest BCUT2D eigenvalue weighted by atomic mass is 15.2. The van der Waals surface area contributed by atoms with E-state index in [1.54, 1.807) is 0 Å². The predicted molar refractivity (Wildman–Crippen MR) is 62.6 cm³/mol. The fourth-order valence-electron chi connectivity index (χ4n) is 2.43. The molecule has 2 heteroatoms. The largest absolute Gasteiger partial charge is 0.316 e. The van der Waals surface area contributed by atoms with E-state index in [0.29, 0.717) is 12.1 Å². The first-order valence-corrected chi connectivity index (χ1v) is 6.09. The van der Waals surface area contributed by atoms with Crippen LogP contribution in [-0.4, -0.2) is 36.6 Å². The maximum atomic E-state index is 3.36. The quantitative estimate of drug-likeness (QED) is 0.748. The number of likely N-dealkylation sites (tertiary alicyclic amines) is 1. The third-order valence-electron chi connectivity index (χ3n) is 3.81. The van der Waals surface area contributed by atoms with Crippen LogP contribution >= 0.6 is 0 Å². The summed E-state index contributed by atoms with van der Waals surface area (Å²) in [5, 5.41) is 3.36. The lowest BCUT2D eigenvalue weighted by molar-refractivity contribution is 0.133. The van der Waals surface area contributed by atoms with Gasteiger partial charge in [-0.2, -0.15) is 0 Å². The van der Waals surface area contributed by atoms with Gasteiger partial charge in [0.25, 0.3) is 0 Å². The summed E-state index contributed by atoms with van der Waals surface area (Å²) in [6.45, 7) is 8.30. The van der Waals surface area contributed by atoms with Gasteiger partial charge in [0.05, 0.1) is 0 Å². The van der Waals surface area contributed by atoms with Crippen LogP contribution in [0.3, 0.4) is 0 Å². The van der Waals surface area contributed by atoms with Gasteiger partial charge in [-0.3, -0.25) is 4.90 Å². The van der Waals surface area contributed by atoms with Crippen molar-refractivity contribution in [1.29, 1.82) is 0 Å². The van der Waals surface area contributed by atoms with Crippen LogP contribution in [0.2, 0.25) is 0 Å². The molecule has 2 nitrogen and oxygen atoms in total. The average Bonchev–Trinajstić information content (AvgIpc) is 2.40. The van der Waals surface area contributed by atoms with Crippen LogP contribution in [0.4, 0.5) is 0 Å². The minimum absolute atomic E-state index is 0.593. The smallest absolute Gasteiger partial charge is 0.0221 e. The molecule has 84 valence electrons. The van der Waals surface area contributed by atoms with Crippen molar-refractivity contribution in [3.63, 3.8) is 0 Å². The van der Waals surface area contributed by atoms with Crippen molar-refractivity contribution < 1.29 is 0 Å². The molecule has 0 saturated carbocycles. The first-order valence-electron chi connectivity index (χ1n) is 6.09. The van der Waals surface area contributed by atoms with E-state index in [2.05, 4.69) is 38.0 Å². The topological polar surface area (TPSA) is 15.3 Å². The fourth-order valence-corrected chi connectivity index (χ4v) is 2.43. The molecule has 0 aromatic heterocycles. The minimum Gasteiger partial charge on any atom is -0.316 e. The van der Waals surface area contributed by atoms with Gasteiger partial charge in [-0.1, -0.05) is 12.8 Å². The molecule has 0 aromatic carbocycles. The van der Waals surface area contributed by atoms with E-state index in [1.165, 1.54) is 32.2 Å². The van der Waals surface area contributed by atoms with E-state index >= 15 is 0 Å². The molecule has 1 aliphatic rings. The summed E-state index contributed by atoms with van der Waals surface area (Å²) < 4.78 is 0. The van der Waals surface area contributed by atoms with Crippen molar-refractivity contribution in [3.8, 4) is 0 Å². The second-order valence-electron chi connectivity index (χ2n) is 4.75. The maximum Gasteiger partial charge on any atom is 0.0221 e. The monoisotopic (exact) mass is 198 g/mol. The second-order valence-corrected chi connectivity index (χ2v) is 4.75. The summed E-state index contributed by atoms with van der Waals surface area (Å²) in [4.78, 5) is 2.67. The van der Waals surface area contributed by atoms with Crippen molar-refractivity contribution in [2.45, 2.75) is 64.6 Å². The third kappa shape index (κ3) is 2.96. The molecule has 1 rings (SSSR count). The van der Waals surface area contributed by atoms with E-state index in [1.807, 2.05) is 0 Å². The fraction of sp³-hybridized carbons (Fsp3) is 1.00. The van der Waals surface area contributed by atoms with Crippen LogP contribution in [-0.2, 0) is 0 Å². The Kier molecular flexibility index (Phi) is 4.90. The molecule has 0 aliphatic carbocycles. The Bertz CT molecular complexity index is 158. The van der Waals surface area contributed by atoms with E-state index in [9.17, 15) is 0 Å². The highest BCUT2D eigenvalue weighted by Gasteiger charge is 2.24. The van der Waals surface area contributed by atoms with Crippen molar-refractivity contribution in [2.24, 2.45) is 0 Å². The van der Waals surface area contributed by atoms with Gasteiger partial charge < -0.3 is 5.32 Å². The lowest BCUT2D eigenvalue weighted by Gasteiger charge is -2.36. The van der Waals surface area contributed by atoms with E-state index in [-0.39, 0.29) is 0 Å². The van der Waals surface area contributed by atoms with Crippen molar-refractivity contribution in [3.05, 3.63) is 0 Å². The van der Waals surface area contributed by atoms with Crippen LogP contribution in [0.1, 0.15) is 46.5 Å². The van der Waals surface area contributed by atoms with Crippen LogP contribution in [0.15, 0.2) is 0 Å². The van der Waals surface area contributed by atoms with Gasteiger partial charge in [0.2, 0.25) is 0 Å². The van der Waals surface area contributed by atoms with Gasteiger partial charge in [-0.15, -0.1) is 0 Å². The molecule has 1 aliphatic heterocycles. The summed E-state index contributed by atoms with van der Waals surface area (Å²) in [5.41, 5.74) is 0. The van der Waals surface area contributed by atoms with Crippen molar-refractivity contribution in [1.82, 2.24) is 10.2 Å². The number of likely N-dealkylation sites (N-methyl/N-ethyl adjacent to an activating group) is 1. The van der Waals surface area contributed by atoms with E-state index in [4.69, 9.17) is 0 Å². The molecular weight excluding hydrogens is 172 g/mol. The van der Waals surface area contributed by atoms with Gasteiger partial charge >= 0.3 is 0 Å². The standard InChI is InChI=1S/C12H26N2/c1-10-8-6-5-7-9-14(10)12(3)11(2)13-4/h10-13H,5-9H2,1-4H3. The molecule has 1 heterocycles. The number of nitrogens with one attached hydrogen (secondary N) is 1. The third-order valence-corrected chi connectivity index (χ3v) is 3.81. The predicted octanol–water partition coefficient (Wildman–Crippen LogP) is 2.25. The molecular formula is C12H26N2. The van der Waals surface area contributed by atoms with Crippen molar-refractivity contribution >= 4 is 0 Å². The number of hydrogen-bond acceptors (Lipinski definition) is 2. The number of rotatable bonds is 3. The van der Waals surface area contributed by atoms with E-state index < -0.39 is 0 Å². The molecule has 0 bridgehead atoms. The van der Waals surface area contributed by atoms with Gasteiger partial charge in [0.15, 0.2) is 0 Å². The summed E-state index contributed by atoms with van der Waals surface area (Å²) in [6.07, 6.45) is 5.59. The Balaban J connectivity index is 2.53. The highest BCUT2D eigenvalue weighted by Crippen LogP contribution is 2.19. The zero-order chi connectivity index (χ0) is 10.6. The summed E-state index contributed by atoms with van der Waals surface area (Å²) >= 11 is 0. The van der Waals surface area contributed by atoms with Gasteiger partial charge in [-0.25, -0.2) is 0 Å². The molecule has 0 aromatic rings. The first-order chi connectivity index (χ1) is 6.66. The lowest BCUT2D eigenvalue weighted by atomic mass is 10.1. The molecule has 1 N–H and O–H groups in total. The molecule has 3 atom stereocenters. The molecule has 14 heavy (non-hydrogen) atoms. The van der Waals surface area contributed by atoms with Crippen LogP contribution < -0.4 is 5.32 Å². The molecule has 0 amide bonds. The average molecular weight is 198 g/mol. The lowest BCUT2D eigenvalue weighted by Crippen LogP contribution is -2.49. The van der Waals surface area contributed by atoms with Gasteiger partial charge in [0.1, 0.15) is 0 Å². The summed E-state index contributed by atoms with van der Waals surface area (Å²) in [7, 11) is 2.06. The van der Waals surface area contributed by atoms with Crippen LogP contribution in [0.5, 0.6) is 0 Å². The Morgan fingerprint density at radius 3 is 2.57 bits per heavy atom. The Hall–Kier alpha value is -0.0800. The highest BCUT2D eigenvalue weighted by molar-refractivity contribution is 4.82. The molecule has 0 spiro atoms. The molecule has 3 unspecified atom stereocenters.